The summed E-state index contributed by atoms with van der Waals surface area (Å²) in [6, 6.07) is 22.1. The standard InChI is InChI=1S/C21H16BrClN2O2/c22-20-7-2-1-6-19(20)21(26)25-24-13-16-4-3-5-18(12-16)27-14-15-8-10-17(23)11-9-15/h1-13H,14H2,(H,25,26). The third kappa shape index (κ3) is 5.67. The molecule has 0 radical (unpaired) electrons. The molecule has 0 aliphatic carbocycles. The summed E-state index contributed by atoms with van der Waals surface area (Å²) in [5.74, 6) is 0.430. The first-order valence-corrected chi connectivity index (χ1v) is 9.34. The summed E-state index contributed by atoms with van der Waals surface area (Å²) < 4.78 is 6.50. The smallest absolute Gasteiger partial charge is 0.272 e. The number of hydrazone groups is 1. The van der Waals surface area contributed by atoms with Gasteiger partial charge in [0.15, 0.2) is 0 Å². The van der Waals surface area contributed by atoms with Crippen molar-refractivity contribution in [1.82, 2.24) is 5.43 Å². The molecule has 3 rings (SSSR count). The van der Waals surface area contributed by atoms with Gasteiger partial charge in [-0.2, -0.15) is 5.10 Å². The van der Waals surface area contributed by atoms with Gasteiger partial charge in [0.25, 0.3) is 5.91 Å². The first-order valence-electron chi connectivity index (χ1n) is 8.17. The van der Waals surface area contributed by atoms with E-state index in [1.54, 1.807) is 24.4 Å². The van der Waals surface area contributed by atoms with Crippen molar-refractivity contribution >= 4 is 39.7 Å². The minimum Gasteiger partial charge on any atom is -0.489 e. The van der Waals surface area contributed by atoms with Crippen LogP contribution in [0.2, 0.25) is 5.02 Å². The van der Waals surface area contributed by atoms with Crippen molar-refractivity contribution in [1.29, 1.82) is 0 Å². The van der Waals surface area contributed by atoms with Gasteiger partial charge in [-0.3, -0.25) is 4.79 Å². The Morgan fingerprint density at radius 2 is 1.85 bits per heavy atom. The average Bonchev–Trinajstić information content (AvgIpc) is 2.68. The van der Waals surface area contributed by atoms with E-state index in [4.69, 9.17) is 16.3 Å². The minimum atomic E-state index is -0.283. The van der Waals surface area contributed by atoms with Gasteiger partial charge in [-0.25, -0.2) is 5.43 Å². The summed E-state index contributed by atoms with van der Waals surface area (Å²) in [5, 5.41) is 4.71. The maximum Gasteiger partial charge on any atom is 0.272 e. The summed E-state index contributed by atoms with van der Waals surface area (Å²) in [7, 11) is 0. The van der Waals surface area contributed by atoms with E-state index in [0.29, 0.717) is 22.9 Å². The van der Waals surface area contributed by atoms with Crippen LogP contribution in [0.15, 0.2) is 82.4 Å². The van der Waals surface area contributed by atoms with E-state index < -0.39 is 0 Å². The number of carbonyl (C=O) groups excluding carboxylic acids is 1. The molecule has 0 fully saturated rings. The van der Waals surface area contributed by atoms with Gasteiger partial charge in [-0.15, -0.1) is 0 Å². The average molecular weight is 444 g/mol. The fraction of sp³-hybridized carbons (Fsp3) is 0.0476. The molecule has 0 aromatic heterocycles. The highest BCUT2D eigenvalue weighted by molar-refractivity contribution is 9.10. The maximum absolute atomic E-state index is 12.1. The van der Waals surface area contributed by atoms with Crippen LogP contribution in [-0.2, 0) is 6.61 Å². The molecule has 0 spiro atoms. The van der Waals surface area contributed by atoms with Crippen LogP contribution in [0.5, 0.6) is 5.75 Å². The monoisotopic (exact) mass is 442 g/mol. The summed E-state index contributed by atoms with van der Waals surface area (Å²) >= 11 is 9.23. The Morgan fingerprint density at radius 3 is 2.63 bits per heavy atom. The summed E-state index contributed by atoms with van der Waals surface area (Å²) in [4.78, 5) is 12.1. The first kappa shape index (κ1) is 19.1. The van der Waals surface area contributed by atoms with Crippen molar-refractivity contribution in [2.24, 2.45) is 5.10 Å². The number of hydrogen-bond donors (Lipinski definition) is 1. The Balaban J connectivity index is 1.58. The van der Waals surface area contributed by atoms with Crippen LogP contribution < -0.4 is 10.2 Å². The van der Waals surface area contributed by atoms with Crippen LogP contribution in [0.3, 0.4) is 0 Å². The molecule has 27 heavy (non-hydrogen) atoms. The molecule has 0 bridgehead atoms. The van der Waals surface area contributed by atoms with Crippen LogP contribution in [0.25, 0.3) is 0 Å². The van der Waals surface area contributed by atoms with Gasteiger partial charge in [0, 0.05) is 9.50 Å². The number of ether oxygens (including phenoxy) is 1. The quantitative estimate of drug-likeness (QED) is 0.407. The highest BCUT2D eigenvalue weighted by atomic mass is 79.9. The van der Waals surface area contributed by atoms with Crippen molar-refractivity contribution < 1.29 is 9.53 Å². The van der Waals surface area contributed by atoms with Gasteiger partial charge in [-0.1, -0.05) is 48.0 Å². The molecular formula is C21H16BrClN2O2. The number of hydrogen-bond acceptors (Lipinski definition) is 3. The topological polar surface area (TPSA) is 50.7 Å². The Hall–Kier alpha value is -2.63. The predicted molar refractivity (Wildman–Crippen MR) is 111 cm³/mol. The number of carbonyl (C=O) groups is 1. The normalized spacial score (nSPS) is 10.7. The SMILES string of the molecule is O=C(NN=Cc1cccc(OCc2ccc(Cl)cc2)c1)c1ccccc1Br. The molecule has 4 nitrogen and oxygen atoms in total. The van der Waals surface area contributed by atoms with Crippen LogP contribution >= 0.6 is 27.5 Å². The molecule has 0 aliphatic heterocycles. The van der Waals surface area contributed by atoms with E-state index >= 15 is 0 Å². The van der Waals surface area contributed by atoms with Gasteiger partial charge in [0.1, 0.15) is 12.4 Å². The van der Waals surface area contributed by atoms with E-state index in [-0.39, 0.29) is 5.91 Å². The van der Waals surface area contributed by atoms with Gasteiger partial charge < -0.3 is 4.74 Å². The summed E-state index contributed by atoms with van der Waals surface area (Å²) in [6.07, 6.45) is 1.57. The molecular weight excluding hydrogens is 428 g/mol. The lowest BCUT2D eigenvalue weighted by Crippen LogP contribution is -2.18. The fourth-order valence-electron chi connectivity index (χ4n) is 2.30. The predicted octanol–water partition coefficient (Wildman–Crippen LogP) is 5.45. The third-order valence-corrected chi connectivity index (χ3v) is 4.62. The van der Waals surface area contributed by atoms with Gasteiger partial charge in [-0.05, 0) is 63.5 Å². The molecule has 0 heterocycles. The second-order valence-electron chi connectivity index (χ2n) is 5.67. The zero-order valence-electron chi connectivity index (χ0n) is 14.2. The Kier molecular flexibility index (Phi) is 6.63. The third-order valence-electron chi connectivity index (χ3n) is 3.68. The molecule has 0 aliphatic rings. The van der Waals surface area contributed by atoms with E-state index in [9.17, 15) is 4.79 Å². The summed E-state index contributed by atoms with van der Waals surface area (Å²) in [6.45, 7) is 0.441. The Bertz CT molecular complexity index is 958. The van der Waals surface area contributed by atoms with Crippen molar-refractivity contribution in [3.05, 3.63) is 99.0 Å². The molecule has 1 amide bonds. The highest BCUT2D eigenvalue weighted by Crippen LogP contribution is 2.17. The van der Waals surface area contributed by atoms with Crippen LogP contribution in [0.1, 0.15) is 21.5 Å². The van der Waals surface area contributed by atoms with E-state index in [1.807, 2.05) is 54.6 Å². The van der Waals surface area contributed by atoms with E-state index in [1.165, 1.54) is 0 Å². The second-order valence-corrected chi connectivity index (χ2v) is 6.96. The molecule has 136 valence electrons. The molecule has 6 heteroatoms. The summed E-state index contributed by atoms with van der Waals surface area (Å²) in [5.41, 5.74) is 4.88. The van der Waals surface area contributed by atoms with Crippen LogP contribution in [-0.4, -0.2) is 12.1 Å². The Morgan fingerprint density at radius 1 is 1.07 bits per heavy atom. The zero-order valence-corrected chi connectivity index (χ0v) is 16.6. The number of nitrogens with one attached hydrogen (secondary N) is 1. The second kappa shape index (κ2) is 9.35. The number of halogens is 2. The van der Waals surface area contributed by atoms with Crippen molar-refractivity contribution in [3.63, 3.8) is 0 Å². The van der Waals surface area contributed by atoms with Gasteiger partial charge in [0.2, 0.25) is 0 Å². The number of benzene rings is 3. The molecule has 0 atom stereocenters. The first-order chi connectivity index (χ1) is 13.1. The number of rotatable bonds is 6. The molecule has 0 saturated carbocycles. The highest BCUT2D eigenvalue weighted by Gasteiger charge is 2.07. The van der Waals surface area contributed by atoms with Gasteiger partial charge in [0.05, 0.1) is 11.8 Å². The van der Waals surface area contributed by atoms with Crippen molar-refractivity contribution in [3.8, 4) is 5.75 Å². The van der Waals surface area contributed by atoms with E-state index in [0.717, 1.165) is 15.6 Å². The van der Waals surface area contributed by atoms with Crippen LogP contribution in [0.4, 0.5) is 0 Å². The van der Waals surface area contributed by atoms with Crippen molar-refractivity contribution in [2.75, 3.05) is 0 Å². The fourth-order valence-corrected chi connectivity index (χ4v) is 2.89. The number of nitrogens with zero attached hydrogens (tertiary/aromatic N) is 1. The molecule has 0 unspecified atom stereocenters. The van der Waals surface area contributed by atoms with Gasteiger partial charge >= 0.3 is 0 Å². The number of amides is 1. The zero-order chi connectivity index (χ0) is 19.1. The molecule has 0 saturated heterocycles. The molecule has 3 aromatic rings. The lowest BCUT2D eigenvalue weighted by atomic mass is 10.2. The molecule has 3 aromatic carbocycles. The van der Waals surface area contributed by atoms with Crippen LogP contribution in [0, 0.1) is 0 Å². The largest absolute Gasteiger partial charge is 0.489 e. The lowest BCUT2D eigenvalue weighted by Gasteiger charge is -2.07. The minimum absolute atomic E-state index is 0.283. The van der Waals surface area contributed by atoms with Crippen molar-refractivity contribution in [2.45, 2.75) is 6.61 Å². The van der Waals surface area contributed by atoms with E-state index in [2.05, 4.69) is 26.5 Å². The Labute approximate surface area is 171 Å². The lowest BCUT2D eigenvalue weighted by molar-refractivity contribution is 0.0954. The molecule has 1 N–H and O–H groups in total. The maximum atomic E-state index is 12.1.